The summed E-state index contributed by atoms with van der Waals surface area (Å²) >= 11 is 1.31. The van der Waals surface area contributed by atoms with Crippen LogP contribution in [0.25, 0.3) is 10.9 Å². The summed E-state index contributed by atoms with van der Waals surface area (Å²) in [6.45, 7) is 0. The zero-order chi connectivity index (χ0) is 14.7. The van der Waals surface area contributed by atoms with E-state index in [0.29, 0.717) is 5.75 Å². The highest BCUT2D eigenvalue weighted by Crippen LogP contribution is 2.86. The number of aromatic nitrogens is 1. The maximum Gasteiger partial charge on any atom is 0.151 e. The largest absolute Gasteiger partial charge is 0.379 e. The van der Waals surface area contributed by atoms with Crippen LogP contribution in [0.2, 0.25) is 0 Å². The highest BCUT2D eigenvalue weighted by Gasteiger charge is 2.85. The fourth-order valence-electron chi connectivity index (χ4n) is 3.50. The Labute approximate surface area is 126 Å². The molecule has 1 aromatic carbocycles. The van der Waals surface area contributed by atoms with Crippen molar-refractivity contribution in [1.82, 2.24) is 4.98 Å². The third-order valence-electron chi connectivity index (χ3n) is 4.80. The summed E-state index contributed by atoms with van der Waals surface area (Å²) in [5.41, 5.74) is 8.73. The first-order valence-corrected chi connectivity index (χ1v) is 7.86. The van der Waals surface area contributed by atoms with Crippen LogP contribution in [0.1, 0.15) is 24.0 Å². The summed E-state index contributed by atoms with van der Waals surface area (Å²) in [6, 6.07) is 10.6. The normalized spacial score (nSPS) is 28.7. The van der Waals surface area contributed by atoms with Crippen LogP contribution >= 0.6 is 11.8 Å². The molecule has 4 rings (SSSR count). The van der Waals surface area contributed by atoms with Crippen LogP contribution < -0.4 is 5.73 Å². The van der Waals surface area contributed by atoms with Gasteiger partial charge in [0.1, 0.15) is 0 Å². The maximum absolute atomic E-state index is 9.39. The fourth-order valence-corrected chi connectivity index (χ4v) is 4.03. The van der Waals surface area contributed by atoms with Gasteiger partial charge in [0, 0.05) is 22.8 Å². The Morgan fingerprint density at radius 1 is 1.43 bits per heavy atom. The first-order valence-electron chi connectivity index (χ1n) is 6.87. The average molecular weight is 294 g/mol. The van der Waals surface area contributed by atoms with Crippen molar-refractivity contribution in [3.05, 3.63) is 41.6 Å². The van der Waals surface area contributed by atoms with Gasteiger partial charge >= 0.3 is 0 Å². The third kappa shape index (κ3) is 1.63. The second-order valence-electron chi connectivity index (χ2n) is 5.96. The number of nitriles is 1. The number of rotatable bonds is 3. The lowest BCUT2D eigenvalue weighted by molar-refractivity contribution is 0.775. The molecule has 2 aromatic rings. The summed E-state index contributed by atoms with van der Waals surface area (Å²) in [4.78, 5) is 4.52. The van der Waals surface area contributed by atoms with Crippen molar-refractivity contribution in [1.29, 1.82) is 10.7 Å². The SMILES string of the molecule is N#CC12CC1(c1c(CSC(=N)N)cnc3ccccc13)C2. The molecule has 1 heterocycles. The topological polar surface area (TPSA) is 86.5 Å². The Balaban J connectivity index is 1.87. The van der Waals surface area contributed by atoms with Crippen molar-refractivity contribution in [3.63, 3.8) is 0 Å². The quantitative estimate of drug-likeness (QED) is 0.673. The van der Waals surface area contributed by atoms with E-state index in [9.17, 15) is 5.26 Å². The number of fused-ring (bicyclic) bond motifs is 2. The minimum Gasteiger partial charge on any atom is -0.379 e. The number of nitrogens with zero attached hydrogens (tertiary/aromatic N) is 2. The zero-order valence-corrected chi connectivity index (χ0v) is 12.2. The minimum absolute atomic E-state index is 0.0387. The highest BCUT2D eigenvalue weighted by atomic mass is 32.2. The third-order valence-corrected chi connectivity index (χ3v) is 5.57. The standard InChI is InChI=1S/C16H14N4S/c17-9-15-7-16(15,8-15)13-10(6-21-14(18)19)5-20-12-4-2-1-3-11(12)13/h1-5H,6-8H2,(H3,18,19). The molecule has 0 unspecified atom stereocenters. The number of hydrogen-bond donors (Lipinski definition) is 2. The Morgan fingerprint density at radius 3 is 2.86 bits per heavy atom. The van der Waals surface area contributed by atoms with Crippen LogP contribution in [0.5, 0.6) is 0 Å². The van der Waals surface area contributed by atoms with Gasteiger partial charge < -0.3 is 5.73 Å². The number of para-hydroxylation sites is 1. The van der Waals surface area contributed by atoms with Gasteiger partial charge in [-0.05, 0) is 30.0 Å². The zero-order valence-electron chi connectivity index (χ0n) is 11.4. The summed E-state index contributed by atoms with van der Waals surface area (Å²) < 4.78 is 0. The maximum atomic E-state index is 9.39. The number of benzene rings is 1. The minimum atomic E-state index is -0.132. The van der Waals surface area contributed by atoms with Crippen LogP contribution in [0.15, 0.2) is 30.5 Å². The molecular weight excluding hydrogens is 280 g/mol. The lowest BCUT2D eigenvalue weighted by Crippen LogP contribution is -2.07. The average Bonchev–Trinajstić information content (AvgIpc) is 3.31. The van der Waals surface area contributed by atoms with Crippen LogP contribution in [-0.2, 0) is 11.2 Å². The van der Waals surface area contributed by atoms with E-state index in [2.05, 4.69) is 17.1 Å². The monoisotopic (exact) mass is 294 g/mol. The summed E-state index contributed by atoms with van der Waals surface area (Å²) in [6.07, 6.45) is 3.81. The molecular formula is C16H14N4S. The predicted molar refractivity (Wildman–Crippen MR) is 83.9 cm³/mol. The van der Waals surface area contributed by atoms with Gasteiger partial charge in [-0.1, -0.05) is 30.0 Å². The number of nitrogens with one attached hydrogen (secondary N) is 1. The molecule has 0 spiro atoms. The van der Waals surface area contributed by atoms with Crippen LogP contribution in [-0.4, -0.2) is 10.2 Å². The molecule has 4 nitrogen and oxygen atoms in total. The van der Waals surface area contributed by atoms with Gasteiger partial charge in [0.05, 0.1) is 17.0 Å². The predicted octanol–water partition coefficient (Wildman–Crippen LogP) is 2.92. The van der Waals surface area contributed by atoms with Crippen molar-refractivity contribution < 1.29 is 0 Å². The van der Waals surface area contributed by atoms with Crippen molar-refractivity contribution >= 4 is 27.8 Å². The molecule has 0 radical (unpaired) electrons. The van der Waals surface area contributed by atoms with E-state index in [1.165, 1.54) is 17.3 Å². The molecule has 0 bridgehead atoms. The Bertz CT molecular complexity index is 815. The van der Waals surface area contributed by atoms with Crippen LogP contribution in [0.3, 0.4) is 0 Å². The molecule has 104 valence electrons. The van der Waals surface area contributed by atoms with Gasteiger partial charge in [-0.25, -0.2) is 0 Å². The molecule has 2 saturated carbocycles. The highest BCUT2D eigenvalue weighted by molar-refractivity contribution is 8.13. The molecule has 2 aliphatic carbocycles. The second kappa shape index (κ2) is 3.99. The molecule has 0 saturated heterocycles. The van der Waals surface area contributed by atoms with E-state index in [0.717, 1.165) is 29.3 Å². The molecule has 0 amide bonds. The second-order valence-corrected chi connectivity index (χ2v) is 6.98. The molecule has 2 aliphatic rings. The number of hydrogen-bond acceptors (Lipinski definition) is 4. The molecule has 1 aromatic heterocycles. The van der Waals surface area contributed by atoms with Gasteiger partial charge in [0.15, 0.2) is 5.17 Å². The van der Waals surface area contributed by atoms with Gasteiger partial charge in [-0.3, -0.25) is 10.4 Å². The van der Waals surface area contributed by atoms with Gasteiger partial charge in [-0.2, -0.15) is 5.26 Å². The number of pyridine rings is 1. The van der Waals surface area contributed by atoms with Crippen LogP contribution in [0, 0.1) is 22.2 Å². The molecule has 5 heteroatoms. The van der Waals surface area contributed by atoms with E-state index in [1.54, 1.807) is 0 Å². The Kier molecular flexibility index (Phi) is 2.40. The first kappa shape index (κ1) is 12.7. The van der Waals surface area contributed by atoms with E-state index in [1.807, 2.05) is 24.4 Å². The van der Waals surface area contributed by atoms with E-state index < -0.39 is 0 Å². The molecule has 0 atom stereocenters. The Morgan fingerprint density at radius 2 is 2.19 bits per heavy atom. The van der Waals surface area contributed by atoms with Crippen molar-refractivity contribution in [2.24, 2.45) is 11.1 Å². The van der Waals surface area contributed by atoms with E-state index in [4.69, 9.17) is 11.1 Å². The molecule has 0 aliphatic heterocycles. The van der Waals surface area contributed by atoms with E-state index in [-0.39, 0.29) is 16.0 Å². The van der Waals surface area contributed by atoms with Gasteiger partial charge in [-0.15, -0.1) is 0 Å². The molecule has 2 fully saturated rings. The molecule has 3 N–H and O–H groups in total. The number of amidine groups is 1. The summed E-state index contributed by atoms with van der Waals surface area (Å²) in [7, 11) is 0. The lowest BCUT2D eigenvalue weighted by atomic mass is 9.95. The van der Waals surface area contributed by atoms with Crippen molar-refractivity contribution in [3.8, 4) is 6.07 Å². The van der Waals surface area contributed by atoms with Gasteiger partial charge in [0.2, 0.25) is 0 Å². The van der Waals surface area contributed by atoms with E-state index >= 15 is 0 Å². The molecule has 21 heavy (non-hydrogen) atoms. The van der Waals surface area contributed by atoms with Gasteiger partial charge in [0.25, 0.3) is 0 Å². The lowest BCUT2D eigenvalue weighted by Gasteiger charge is -2.14. The smallest absolute Gasteiger partial charge is 0.151 e. The van der Waals surface area contributed by atoms with Crippen molar-refractivity contribution in [2.75, 3.05) is 0 Å². The van der Waals surface area contributed by atoms with Crippen molar-refractivity contribution in [2.45, 2.75) is 24.0 Å². The number of thioether (sulfide) groups is 1. The summed E-state index contributed by atoms with van der Waals surface area (Å²) in [5, 5.41) is 18.1. The fraction of sp³-hybridized carbons (Fsp3) is 0.312. The number of nitrogens with two attached hydrogens (primary N) is 1. The first-order chi connectivity index (χ1) is 10.1. The summed E-state index contributed by atoms with van der Waals surface area (Å²) in [5.74, 6) is 0.645. The van der Waals surface area contributed by atoms with Crippen LogP contribution in [0.4, 0.5) is 0 Å². The Hall–Kier alpha value is -2.06.